The number of alkyl halides is 3. The van der Waals surface area contributed by atoms with Crippen LogP contribution >= 0.6 is 11.6 Å². The molecule has 0 heterocycles. The van der Waals surface area contributed by atoms with E-state index in [-0.39, 0.29) is 18.3 Å². The van der Waals surface area contributed by atoms with Gasteiger partial charge in [-0.25, -0.2) is 8.42 Å². The second kappa shape index (κ2) is 11.3. The Bertz CT molecular complexity index is 1160. The Kier molecular flexibility index (Phi) is 9.18. The van der Waals surface area contributed by atoms with Gasteiger partial charge in [0.05, 0.1) is 17.5 Å². The van der Waals surface area contributed by atoms with Gasteiger partial charge < -0.3 is 10.2 Å². The summed E-state index contributed by atoms with van der Waals surface area (Å²) in [5, 5.41) is 3.16. The van der Waals surface area contributed by atoms with Gasteiger partial charge in [0.25, 0.3) is 0 Å². The SMILES string of the molecule is CC(C)NC(=O)C(C)N(Cc1ccc(Cl)cc1)C(=O)CN(c1cccc(C(F)(F)F)c1)S(C)(=O)=O. The van der Waals surface area contributed by atoms with Crippen LogP contribution in [0.3, 0.4) is 0 Å². The summed E-state index contributed by atoms with van der Waals surface area (Å²) in [7, 11) is -4.15. The zero-order valence-corrected chi connectivity index (χ0v) is 21.2. The number of hydrogen-bond acceptors (Lipinski definition) is 4. The Morgan fingerprint density at radius 2 is 1.66 bits per heavy atom. The third kappa shape index (κ3) is 8.14. The van der Waals surface area contributed by atoms with Crippen LogP contribution in [-0.4, -0.2) is 50.0 Å². The molecule has 0 radical (unpaired) electrons. The van der Waals surface area contributed by atoms with Crippen LogP contribution in [0.1, 0.15) is 31.9 Å². The monoisotopic (exact) mass is 533 g/mol. The molecule has 12 heteroatoms. The first-order valence-corrected chi connectivity index (χ1v) is 12.8. The molecule has 2 aromatic carbocycles. The molecule has 1 N–H and O–H groups in total. The molecule has 2 amide bonds. The van der Waals surface area contributed by atoms with Crippen molar-refractivity contribution in [3.63, 3.8) is 0 Å². The molecule has 0 fully saturated rings. The van der Waals surface area contributed by atoms with Gasteiger partial charge in [0.1, 0.15) is 12.6 Å². The van der Waals surface area contributed by atoms with E-state index in [9.17, 15) is 31.2 Å². The first-order chi connectivity index (χ1) is 16.1. The predicted molar refractivity (Wildman–Crippen MR) is 128 cm³/mol. The van der Waals surface area contributed by atoms with Crippen molar-refractivity contribution in [1.29, 1.82) is 0 Å². The van der Waals surface area contributed by atoms with Crippen molar-refractivity contribution in [2.24, 2.45) is 0 Å². The van der Waals surface area contributed by atoms with E-state index >= 15 is 0 Å². The largest absolute Gasteiger partial charge is 0.416 e. The van der Waals surface area contributed by atoms with Crippen LogP contribution in [0.2, 0.25) is 5.02 Å². The number of amides is 2. The third-order valence-corrected chi connectivity index (χ3v) is 6.40. The van der Waals surface area contributed by atoms with Crippen LogP contribution in [-0.2, 0) is 32.3 Å². The molecule has 0 saturated carbocycles. The number of sulfonamides is 1. The maximum Gasteiger partial charge on any atom is 0.416 e. The van der Waals surface area contributed by atoms with Crippen molar-refractivity contribution in [3.8, 4) is 0 Å². The highest BCUT2D eigenvalue weighted by Gasteiger charge is 2.33. The average Bonchev–Trinajstić information content (AvgIpc) is 2.74. The maximum atomic E-state index is 13.3. The minimum absolute atomic E-state index is 0.0527. The molecule has 0 aliphatic heterocycles. The highest BCUT2D eigenvalue weighted by atomic mass is 35.5. The number of nitrogens with one attached hydrogen (secondary N) is 1. The highest BCUT2D eigenvalue weighted by molar-refractivity contribution is 7.92. The lowest BCUT2D eigenvalue weighted by molar-refractivity contribution is -0.139. The zero-order valence-electron chi connectivity index (χ0n) is 19.6. The Labute approximate surface area is 207 Å². The number of anilines is 1. The Hall–Kier alpha value is -2.79. The van der Waals surface area contributed by atoms with Crippen LogP contribution in [0.15, 0.2) is 48.5 Å². The number of benzene rings is 2. The summed E-state index contributed by atoms with van der Waals surface area (Å²) in [6, 6.07) is 8.98. The van der Waals surface area contributed by atoms with Crippen LogP contribution in [0.5, 0.6) is 0 Å². The molecule has 1 unspecified atom stereocenters. The van der Waals surface area contributed by atoms with Gasteiger partial charge in [-0.15, -0.1) is 0 Å². The minimum Gasteiger partial charge on any atom is -0.352 e. The van der Waals surface area contributed by atoms with E-state index < -0.39 is 46.2 Å². The van der Waals surface area contributed by atoms with E-state index in [0.717, 1.165) is 18.4 Å². The van der Waals surface area contributed by atoms with Crippen molar-refractivity contribution in [3.05, 3.63) is 64.7 Å². The van der Waals surface area contributed by atoms with Gasteiger partial charge in [-0.1, -0.05) is 29.8 Å². The standard InChI is InChI=1S/C23H27ClF3N3O4S/c1-15(2)28-22(32)16(3)29(13-17-8-10-19(24)11-9-17)21(31)14-30(35(4,33)34)20-7-5-6-18(12-20)23(25,26)27/h5-12,15-16H,13-14H2,1-4H3,(H,28,32). The molecule has 7 nitrogen and oxygen atoms in total. The van der Waals surface area contributed by atoms with Gasteiger partial charge in [0.15, 0.2) is 0 Å². The van der Waals surface area contributed by atoms with E-state index in [1.807, 2.05) is 0 Å². The zero-order chi connectivity index (χ0) is 26.6. The molecule has 192 valence electrons. The second-order valence-electron chi connectivity index (χ2n) is 8.31. The average molecular weight is 534 g/mol. The summed E-state index contributed by atoms with van der Waals surface area (Å²) >= 11 is 5.91. The Balaban J connectivity index is 2.43. The molecule has 2 rings (SSSR count). The third-order valence-electron chi connectivity index (χ3n) is 5.01. The molecule has 0 saturated heterocycles. The minimum atomic E-state index is -4.70. The molecule has 0 bridgehead atoms. The van der Waals surface area contributed by atoms with Crippen LogP contribution in [0.25, 0.3) is 0 Å². The summed E-state index contributed by atoms with van der Waals surface area (Å²) < 4.78 is 65.1. The van der Waals surface area contributed by atoms with Gasteiger partial charge >= 0.3 is 6.18 Å². The molecule has 0 aliphatic rings. The maximum absolute atomic E-state index is 13.3. The van der Waals surface area contributed by atoms with Gasteiger partial charge in [-0.05, 0) is 56.7 Å². The Morgan fingerprint density at radius 3 is 2.17 bits per heavy atom. The second-order valence-corrected chi connectivity index (χ2v) is 10.6. The van der Waals surface area contributed by atoms with Crippen molar-refractivity contribution in [2.45, 2.75) is 45.6 Å². The van der Waals surface area contributed by atoms with Crippen LogP contribution < -0.4 is 9.62 Å². The fourth-order valence-corrected chi connectivity index (χ4v) is 4.19. The number of nitrogens with zero attached hydrogens (tertiary/aromatic N) is 2. The van der Waals surface area contributed by atoms with Crippen molar-refractivity contribution < 1.29 is 31.2 Å². The molecular formula is C23H27ClF3N3O4S. The number of hydrogen-bond donors (Lipinski definition) is 1. The molecule has 0 aromatic heterocycles. The van der Waals surface area contributed by atoms with E-state index in [1.165, 1.54) is 17.9 Å². The van der Waals surface area contributed by atoms with Crippen molar-refractivity contribution in [2.75, 3.05) is 17.1 Å². The number of carbonyl (C=O) groups is 2. The number of halogens is 4. The molecular weight excluding hydrogens is 507 g/mol. The number of carbonyl (C=O) groups excluding carboxylic acids is 2. The lowest BCUT2D eigenvalue weighted by Gasteiger charge is -2.32. The summed E-state index contributed by atoms with van der Waals surface area (Å²) in [4.78, 5) is 27.2. The van der Waals surface area contributed by atoms with Gasteiger partial charge in [-0.3, -0.25) is 13.9 Å². The first kappa shape index (κ1) is 28.4. The lowest BCUT2D eigenvalue weighted by atomic mass is 10.1. The lowest BCUT2D eigenvalue weighted by Crippen LogP contribution is -2.52. The Morgan fingerprint density at radius 1 is 1.06 bits per heavy atom. The molecule has 35 heavy (non-hydrogen) atoms. The van der Waals surface area contributed by atoms with E-state index in [2.05, 4.69) is 5.32 Å². The quantitative estimate of drug-likeness (QED) is 0.526. The predicted octanol–water partition coefficient (Wildman–Crippen LogP) is 4.07. The fraction of sp³-hybridized carbons (Fsp3) is 0.391. The molecule has 1 atom stereocenters. The molecule has 2 aromatic rings. The normalized spacial score (nSPS) is 12.8. The van der Waals surface area contributed by atoms with E-state index in [1.54, 1.807) is 38.1 Å². The van der Waals surface area contributed by atoms with Crippen LogP contribution in [0.4, 0.5) is 18.9 Å². The van der Waals surface area contributed by atoms with Crippen molar-refractivity contribution in [1.82, 2.24) is 10.2 Å². The summed E-state index contributed by atoms with van der Waals surface area (Å²) in [5.41, 5.74) is -0.753. The summed E-state index contributed by atoms with van der Waals surface area (Å²) in [6.07, 6.45) is -3.91. The highest BCUT2D eigenvalue weighted by Crippen LogP contribution is 2.32. The fourth-order valence-electron chi connectivity index (χ4n) is 3.23. The van der Waals surface area contributed by atoms with Gasteiger partial charge in [0.2, 0.25) is 21.8 Å². The summed E-state index contributed by atoms with van der Waals surface area (Å²) in [5.74, 6) is -1.23. The van der Waals surface area contributed by atoms with Gasteiger partial charge in [0, 0.05) is 17.6 Å². The van der Waals surface area contributed by atoms with E-state index in [4.69, 9.17) is 11.6 Å². The molecule has 0 spiro atoms. The number of rotatable bonds is 9. The van der Waals surface area contributed by atoms with Gasteiger partial charge in [-0.2, -0.15) is 13.2 Å². The van der Waals surface area contributed by atoms with E-state index in [0.29, 0.717) is 21.0 Å². The topological polar surface area (TPSA) is 86.8 Å². The van der Waals surface area contributed by atoms with Crippen LogP contribution in [0, 0.1) is 0 Å². The summed E-state index contributed by atoms with van der Waals surface area (Å²) in [6.45, 7) is 4.13. The molecule has 0 aliphatic carbocycles. The first-order valence-electron chi connectivity index (χ1n) is 10.6. The smallest absolute Gasteiger partial charge is 0.352 e. The van der Waals surface area contributed by atoms with Crippen molar-refractivity contribution >= 4 is 39.1 Å².